The van der Waals surface area contributed by atoms with Crippen LogP contribution in [0.15, 0.2) is 144 Å². The molecule has 1 nitrogen and oxygen atoms in total. The summed E-state index contributed by atoms with van der Waals surface area (Å²) in [4.78, 5) is 2.53. The van der Waals surface area contributed by atoms with Gasteiger partial charge in [-0.3, -0.25) is 0 Å². The molecule has 0 bridgehead atoms. The highest BCUT2D eigenvalue weighted by atomic mass is 15.2. The molecule has 4 aliphatic rings. The molecular formula is C36H35N. The van der Waals surface area contributed by atoms with Gasteiger partial charge in [0, 0.05) is 22.9 Å². The van der Waals surface area contributed by atoms with Crippen molar-refractivity contribution in [3.05, 3.63) is 155 Å². The van der Waals surface area contributed by atoms with Gasteiger partial charge in [0.15, 0.2) is 0 Å². The predicted octanol–water partition coefficient (Wildman–Crippen LogP) is 9.73. The number of hydrogen-bond donors (Lipinski definition) is 0. The van der Waals surface area contributed by atoms with Crippen LogP contribution in [0.25, 0.3) is 5.57 Å². The van der Waals surface area contributed by atoms with E-state index in [0.717, 1.165) is 44.9 Å². The monoisotopic (exact) mass is 481 g/mol. The van der Waals surface area contributed by atoms with Crippen LogP contribution >= 0.6 is 0 Å². The molecule has 0 aliphatic heterocycles. The summed E-state index contributed by atoms with van der Waals surface area (Å²) in [6.07, 6.45) is 33.4. The van der Waals surface area contributed by atoms with Crippen molar-refractivity contribution >= 4 is 11.3 Å². The Bertz CT molecular complexity index is 1390. The molecule has 0 radical (unpaired) electrons. The van der Waals surface area contributed by atoms with Gasteiger partial charge < -0.3 is 4.90 Å². The number of rotatable bonds is 6. The van der Waals surface area contributed by atoms with Crippen LogP contribution in [-0.2, 0) is 0 Å². The summed E-state index contributed by atoms with van der Waals surface area (Å²) in [5, 5.41) is 0. The highest BCUT2D eigenvalue weighted by molar-refractivity contribution is 5.85. The molecule has 0 saturated heterocycles. The minimum atomic E-state index is 0.434. The maximum Gasteiger partial charge on any atom is 0.0536 e. The first-order valence-corrected chi connectivity index (χ1v) is 13.8. The lowest BCUT2D eigenvalue weighted by Crippen LogP contribution is -2.24. The average Bonchev–Trinajstić information content (AvgIpc) is 3.00. The number of hydrogen-bond acceptors (Lipinski definition) is 1. The topological polar surface area (TPSA) is 3.24 Å². The normalized spacial score (nSPS) is 21.0. The summed E-state index contributed by atoms with van der Waals surface area (Å²) in [7, 11) is 0. The Morgan fingerprint density at radius 3 is 2.27 bits per heavy atom. The molecule has 2 aromatic rings. The van der Waals surface area contributed by atoms with E-state index in [0.29, 0.717) is 5.92 Å². The molecule has 0 spiro atoms. The number of nitrogens with zero attached hydrogens (tertiary/aromatic N) is 1. The van der Waals surface area contributed by atoms with Crippen LogP contribution in [0, 0.1) is 0 Å². The van der Waals surface area contributed by atoms with Crippen LogP contribution in [0.4, 0.5) is 5.69 Å². The number of allylic oxidation sites excluding steroid dienone is 15. The first-order chi connectivity index (χ1) is 18.4. The van der Waals surface area contributed by atoms with E-state index >= 15 is 0 Å². The smallest absolute Gasteiger partial charge is 0.0536 e. The zero-order valence-electron chi connectivity index (χ0n) is 21.5. The van der Waals surface area contributed by atoms with Gasteiger partial charge in [-0.25, -0.2) is 0 Å². The van der Waals surface area contributed by atoms with Gasteiger partial charge in [0.25, 0.3) is 0 Å². The Kier molecular flexibility index (Phi) is 7.03. The molecular weight excluding hydrogens is 446 g/mol. The highest BCUT2D eigenvalue weighted by Gasteiger charge is 2.24. The quantitative estimate of drug-likeness (QED) is 0.397. The molecule has 2 aromatic carbocycles. The van der Waals surface area contributed by atoms with Crippen molar-refractivity contribution in [1.29, 1.82) is 0 Å². The Morgan fingerprint density at radius 1 is 0.676 bits per heavy atom. The summed E-state index contributed by atoms with van der Waals surface area (Å²) < 4.78 is 0. The van der Waals surface area contributed by atoms with Crippen molar-refractivity contribution in [2.45, 2.75) is 50.9 Å². The van der Waals surface area contributed by atoms with Crippen LogP contribution in [0.1, 0.15) is 62.0 Å². The Labute approximate surface area is 221 Å². The Balaban J connectivity index is 1.38. The van der Waals surface area contributed by atoms with Gasteiger partial charge in [-0.2, -0.15) is 0 Å². The molecule has 1 heteroatoms. The molecule has 0 saturated carbocycles. The average molecular weight is 482 g/mol. The van der Waals surface area contributed by atoms with E-state index in [9.17, 15) is 0 Å². The maximum atomic E-state index is 2.53. The van der Waals surface area contributed by atoms with Crippen LogP contribution in [0.2, 0.25) is 0 Å². The van der Waals surface area contributed by atoms with E-state index in [-0.39, 0.29) is 0 Å². The lowest BCUT2D eigenvalue weighted by molar-refractivity contribution is 0.814. The van der Waals surface area contributed by atoms with Gasteiger partial charge >= 0.3 is 0 Å². The van der Waals surface area contributed by atoms with E-state index in [1.807, 2.05) is 0 Å². The van der Waals surface area contributed by atoms with Crippen LogP contribution in [-0.4, -0.2) is 0 Å². The molecule has 0 heterocycles. The first kappa shape index (κ1) is 23.6. The van der Waals surface area contributed by atoms with Crippen molar-refractivity contribution < 1.29 is 0 Å². The maximum absolute atomic E-state index is 2.53. The predicted molar refractivity (Wildman–Crippen MR) is 158 cm³/mol. The number of anilines is 1. The van der Waals surface area contributed by atoms with Crippen LogP contribution in [0.3, 0.4) is 0 Å². The van der Waals surface area contributed by atoms with Crippen molar-refractivity contribution in [3.8, 4) is 0 Å². The fourth-order valence-corrected chi connectivity index (χ4v) is 5.86. The molecule has 0 amide bonds. The van der Waals surface area contributed by atoms with Crippen LogP contribution in [0.5, 0.6) is 0 Å². The second-order valence-corrected chi connectivity index (χ2v) is 10.2. The van der Waals surface area contributed by atoms with E-state index < -0.39 is 0 Å². The summed E-state index contributed by atoms with van der Waals surface area (Å²) in [6.45, 7) is 0. The lowest BCUT2D eigenvalue weighted by atomic mass is 9.89. The number of benzene rings is 2. The summed E-state index contributed by atoms with van der Waals surface area (Å²) >= 11 is 0. The molecule has 1 atom stereocenters. The van der Waals surface area contributed by atoms with E-state index in [4.69, 9.17) is 0 Å². The summed E-state index contributed by atoms with van der Waals surface area (Å²) in [5.74, 6) is 0.434. The summed E-state index contributed by atoms with van der Waals surface area (Å²) in [6, 6.07) is 19.8. The molecule has 6 rings (SSSR count). The van der Waals surface area contributed by atoms with Crippen LogP contribution < -0.4 is 4.90 Å². The van der Waals surface area contributed by atoms with Crippen molar-refractivity contribution in [1.82, 2.24) is 0 Å². The van der Waals surface area contributed by atoms with Crippen molar-refractivity contribution in [2.24, 2.45) is 0 Å². The highest BCUT2D eigenvalue weighted by Crippen LogP contribution is 2.40. The van der Waals surface area contributed by atoms with Gasteiger partial charge in [0.05, 0.1) is 5.69 Å². The molecule has 0 aromatic heterocycles. The van der Waals surface area contributed by atoms with E-state index in [1.54, 1.807) is 0 Å². The summed E-state index contributed by atoms with van der Waals surface area (Å²) in [5.41, 5.74) is 11.0. The zero-order chi connectivity index (χ0) is 24.9. The fraction of sp³-hybridized carbons (Fsp3) is 0.222. The zero-order valence-corrected chi connectivity index (χ0v) is 21.5. The second kappa shape index (κ2) is 11.0. The van der Waals surface area contributed by atoms with Crippen molar-refractivity contribution in [2.75, 3.05) is 4.90 Å². The van der Waals surface area contributed by atoms with Gasteiger partial charge in [0.1, 0.15) is 0 Å². The van der Waals surface area contributed by atoms with Gasteiger partial charge in [-0.15, -0.1) is 0 Å². The van der Waals surface area contributed by atoms with Gasteiger partial charge in [0.2, 0.25) is 0 Å². The fourth-order valence-electron chi connectivity index (χ4n) is 5.86. The van der Waals surface area contributed by atoms with Crippen molar-refractivity contribution in [3.63, 3.8) is 0 Å². The third-order valence-electron chi connectivity index (χ3n) is 7.86. The van der Waals surface area contributed by atoms with E-state index in [1.165, 1.54) is 44.9 Å². The molecule has 0 fully saturated rings. The minimum Gasteiger partial charge on any atom is -0.314 e. The van der Waals surface area contributed by atoms with E-state index in [2.05, 4.69) is 126 Å². The Morgan fingerprint density at radius 2 is 1.54 bits per heavy atom. The Hall–Kier alpha value is -3.84. The molecule has 1 unspecified atom stereocenters. The first-order valence-electron chi connectivity index (χ1n) is 13.8. The standard InChI is InChI=1S/C36H35N/c1-4-12-28(13-5-1)30-20-24-33(25-21-30)37(34-26-22-31(23-27-34)29-14-6-2-7-15-29)36-19-11-10-18-35(36)32-16-8-3-9-17-32/h1-2,4-6,8,10-14,16-20,22,24-26,30H,3,7,9,15,21,23,27H2. The second-order valence-electron chi connectivity index (χ2n) is 10.2. The lowest BCUT2D eigenvalue weighted by Gasteiger charge is -2.34. The SMILES string of the molecule is C1=CCCC(C2=CC=C(N(C3=CCC(c4ccccc4)C=C3)c3ccccc3C3=CCCC=C3)CC2)=C1. The van der Waals surface area contributed by atoms with Gasteiger partial charge in [-0.1, -0.05) is 103 Å². The molecule has 37 heavy (non-hydrogen) atoms. The minimum absolute atomic E-state index is 0.434. The largest absolute Gasteiger partial charge is 0.314 e. The third-order valence-corrected chi connectivity index (χ3v) is 7.86. The number of para-hydroxylation sites is 1. The molecule has 184 valence electrons. The third kappa shape index (κ3) is 5.18. The van der Waals surface area contributed by atoms with Gasteiger partial charge in [-0.05, 0) is 85.4 Å². The molecule has 0 N–H and O–H groups in total. The molecule has 4 aliphatic carbocycles.